The third-order valence-electron chi connectivity index (χ3n) is 11.9. The highest BCUT2D eigenvalue weighted by molar-refractivity contribution is 5.97. The number of nitrogens with zero attached hydrogens (tertiary/aromatic N) is 4. The smallest absolute Gasteiger partial charge is 0.182 e. The van der Waals surface area contributed by atoms with Gasteiger partial charge < -0.3 is 4.90 Å². The van der Waals surface area contributed by atoms with Gasteiger partial charge in [-0.25, -0.2) is 9.67 Å². The highest BCUT2D eigenvalue weighted by Crippen LogP contribution is 2.41. The monoisotopic (exact) mass is 818 g/mol. The van der Waals surface area contributed by atoms with Crippen LogP contribution < -0.4 is 4.90 Å². The van der Waals surface area contributed by atoms with Crippen LogP contribution in [0.1, 0.15) is 0 Å². The van der Waals surface area contributed by atoms with Crippen molar-refractivity contribution in [3.8, 4) is 73.0 Å². The van der Waals surface area contributed by atoms with Crippen molar-refractivity contribution in [2.24, 2.45) is 0 Å². The molecule has 0 saturated heterocycles. The maximum absolute atomic E-state index is 5.15. The minimum absolute atomic E-state index is 0.681. The second-order valence-corrected chi connectivity index (χ2v) is 15.8. The minimum Gasteiger partial charge on any atom is -0.311 e. The van der Waals surface area contributed by atoms with Crippen LogP contribution in [0, 0.1) is 0 Å². The Morgan fingerprint density at radius 2 is 0.719 bits per heavy atom. The van der Waals surface area contributed by atoms with E-state index in [1.807, 2.05) is 22.9 Å². The highest BCUT2D eigenvalue weighted by atomic mass is 15.4. The predicted molar refractivity (Wildman–Crippen MR) is 266 cm³/mol. The first-order valence-electron chi connectivity index (χ1n) is 21.7. The van der Waals surface area contributed by atoms with E-state index in [2.05, 4.69) is 241 Å². The number of rotatable bonds is 10. The van der Waals surface area contributed by atoms with Crippen molar-refractivity contribution in [3.05, 3.63) is 255 Å². The standard InChI is InChI=1S/C60H42N4/c1-4-18-47(19-5-1)59-61-60(48-33-31-44(32-34-48)54-30-16-20-43-17-10-11-25-53(43)54)64(62-59)52-41-37-46(38-42-52)56-27-13-15-29-58(56)57-28-14-12-26-55(57)45-35-39-51(40-36-45)63(49-21-6-2-7-22-49)50-23-8-3-9-24-50/h1-42H. The molecule has 302 valence electrons. The van der Waals surface area contributed by atoms with Gasteiger partial charge in [0.15, 0.2) is 11.6 Å². The molecule has 0 N–H and O–H groups in total. The lowest BCUT2D eigenvalue weighted by Gasteiger charge is -2.25. The van der Waals surface area contributed by atoms with Gasteiger partial charge >= 0.3 is 0 Å². The van der Waals surface area contributed by atoms with Crippen molar-refractivity contribution in [2.75, 3.05) is 4.90 Å². The van der Waals surface area contributed by atoms with Crippen molar-refractivity contribution in [2.45, 2.75) is 0 Å². The summed E-state index contributed by atoms with van der Waals surface area (Å²) < 4.78 is 1.97. The number of hydrogen-bond donors (Lipinski definition) is 0. The van der Waals surface area contributed by atoms with Gasteiger partial charge in [-0.15, -0.1) is 5.10 Å². The van der Waals surface area contributed by atoms with E-state index in [0.717, 1.165) is 62.0 Å². The molecule has 64 heavy (non-hydrogen) atoms. The number of para-hydroxylation sites is 2. The third-order valence-corrected chi connectivity index (χ3v) is 11.9. The minimum atomic E-state index is 0.681. The first-order chi connectivity index (χ1) is 31.7. The maximum atomic E-state index is 5.15. The summed E-state index contributed by atoms with van der Waals surface area (Å²) in [5, 5.41) is 7.58. The van der Waals surface area contributed by atoms with E-state index in [9.17, 15) is 0 Å². The van der Waals surface area contributed by atoms with Gasteiger partial charge in [0, 0.05) is 28.2 Å². The molecule has 11 rings (SSSR count). The molecule has 0 amide bonds. The van der Waals surface area contributed by atoms with Crippen molar-refractivity contribution in [1.82, 2.24) is 14.8 Å². The third kappa shape index (κ3) is 7.44. The van der Waals surface area contributed by atoms with E-state index in [0.29, 0.717) is 5.82 Å². The first-order valence-corrected chi connectivity index (χ1v) is 21.7. The fourth-order valence-electron chi connectivity index (χ4n) is 8.78. The van der Waals surface area contributed by atoms with Crippen LogP contribution in [-0.4, -0.2) is 14.8 Å². The lowest BCUT2D eigenvalue weighted by Crippen LogP contribution is -2.09. The molecular weight excluding hydrogens is 777 g/mol. The van der Waals surface area contributed by atoms with Gasteiger partial charge in [0.1, 0.15) is 0 Å². The molecule has 4 heteroatoms. The Morgan fingerprint density at radius 1 is 0.297 bits per heavy atom. The lowest BCUT2D eigenvalue weighted by atomic mass is 9.89. The Morgan fingerprint density at radius 3 is 1.33 bits per heavy atom. The second-order valence-electron chi connectivity index (χ2n) is 15.8. The Hall–Kier alpha value is -8.60. The van der Waals surface area contributed by atoms with Gasteiger partial charge in [-0.1, -0.05) is 206 Å². The number of fused-ring (bicyclic) bond motifs is 1. The van der Waals surface area contributed by atoms with Gasteiger partial charge in [0.05, 0.1) is 5.69 Å². The van der Waals surface area contributed by atoms with Gasteiger partial charge in [0.25, 0.3) is 0 Å². The zero-order chi connectivity index (χ0) is 42.7. The summed E-state index contributed by atoms with van der Waals surface area (Å²) in [4.78, 5) is 7.44. The van der Waals surface area contributed by atoms with Crippen molar-refractivity contribution in [1.29, 1.82) is 0 Å². The van der Waals surface area contributed by atoms with E-state index < -0.39 is 0 Å². The summed E-state index contributed by atoms with van der Waals surface area (Å²) in [6, 6.07) is 90.0. The quantitative estimate of drug-likeness (QED) is 0.138. The Kier molecular flexibility index (Phi) is 10.2. The Labute approximate surface area is 373 Å². The van der Waals surface area contributed by atoms with E-state index in [1.165, 1.54) is 33.0 Å². The number of aromatic nitrogens is 3. The van der Waals surface area contributed by atoms with Crippen molar-refractivity contribution >= 4 is 27.8 Å². The molecule has 0 saturated carbocycles. The molecule has 0 aliphatic rings. The van der Waals surface area contributed by atoms with Crippen LogP contribution in [-0.2, 0) is 0 Å². The fourth-order valence-corrected chi connectivity index (χ4v) is 8.78. The molecule has 0 radical (unpaired) electrons. The normalized spacial score (nSPS) is 11.1. The summed E-state index contributed by atoms with van der Waals surface area (Å²) in [6.45, 7) is 0. The van der Waals surface area contributed by atoms with Gasteiger partial charge in [0.2, 0.25) is 0 Å². The molecular formula is C60H42N4. The Bertz CT molecular complexity index is 3300. The van der Waals surface area contributed by atoms with Gasteiger partial charge in [-0.2, -0.15) is 0 Å². The van der Waals surface area contributed by atoms with Crippen molar-refractivity contribution in [3.63, 3.8) is 0 Å². The molecule has 0 atom stereocenters. The van der Waals surface area contributed by atoms with Crippen LogP contribution in [0.3, 0.4) is 0 Å². The van der Waals surface area contributed by atoms with Crippen LogP contribution in [0.15, 0.2) is 255 Å². The highest BCUT2D eigenvalue weighted by Gasteiger charge is 2.18. The molecule has 0 aliphatic heterocycles. The zero-order valence-electron chi connectivity index (χ0n) is 35.0. The van der Waals surface area contributed by atoms with Gasteiger partial charge in [-0.05, 0) is 104 Å². The lowest BCUT2D eigenvalue weighted by molar-refractivity contribution is 0.891. The van der Waals surface area contributed by atoms with E-state index in [1.54, 1.807) is 0 Å². The topological polar surface area (TPSA) is 34.0 Å². The summed E-state index contributed by atoms with van der Waals surface area (Å²) in [5.74, 6) is 1.47. The van der Waals surface area contributed by atoms with E-state index >= 15 is 0 Å². The largest absolute Gasteiger partial charge is 0.311 e. The predicted octanol–water partition coefficient (Wildman–Crippen LogP) is 15.9. The molecule has 0 aliphatic carbocycles. The van der Waals surface area contributed by atoms with Crippen LogP contribution in [0.2, 0.25) is 0 Å². The van der Waals surface area contributed by atoms with Crippen LogP contribution in [0.4, 0.5) is 17.1 Å². The second kappa shape index (κ2) is 17.0. The summed E-state index contributed by atoms with van der Waals surface area (Å²) in [6.07, 6.45) is 0. The molecule has 0 fully saturated rings. The summed E-state index contributed by atoms with van der Waals surface area (Å²) in [7, 11) is 0. The number of anilines is 3. The molecule has 10 aromatic carbocycles. The van der Waals surface area contributed by atoms with E-state index in [-0.39, 0.29) is 0 Å². The van der Waals surface area contributed by atoms with Crippen molar-refractivity contribution < 1.29 is 0 Å². The SMILES string of the molecule is c1ccc(-c2nc(-c3ccc(-c4cccc5ccccc45)cc3)n(-c3ccc(-c4ccccc4-c4ccccc4-c4ccc(N(c5ccccc5)c5ccccc5)cc4)cc3)n2)cc1. The molecule has 1 aromatic heterocycles. The van der Waals surface area contributed by atoms with Crippen LogP contribution >= 0.6 is 0 Å². The molecule has 4 nitrogen and oxygen atoms in total. The molecule has 0 unspecified atom stereocenters. The fraction of sp³-hybridized carbons (Fsp3) is 0. The summed E-state index contributed by atoms with van der Waals surface area (Å²) in [5.41, 5.74) is 15.6. The van der Waals surface area contributed by atoms with Crippen LogP contribution in [0.25, 0.3) is 83.7 Å². The zero-order valence-corrected chi connectivity index (χ0v) is 35.0. The molecule has 0 bridgehead atoms. The molecule has 1 heterocycles. The average molecular weight is 819 g/mol. The maximum Gasteiger partial charge on any atom is 0.182 e. The van der Waals surface area contributed by atoms with Crippen LogP contribution in [0.5, 0.6) is 0 Å². The van der Waals surface area contributed by atoms with Gasteiger partial charge in [-0.3, -0.25) is 0 Å². The first kappa shape index (κ1) is 38.3. The van der Waals surface area contributed by atoms with E-state index in [4.69, 9.17) is 10.1 Å². The molecule has 0 spiro atoms. The Balaban J connectivity index is 0.930. The number of benzene rings is 10. The molecule has 11 aromatic rings. The number of hydrogen-bond acceptors (Lipinski definition) is 3. The average Bonchev–Trinajstić information content (AvgIpc) is 3.83. The summed E-state index contributed by atoms with van der Waals surface area (Å²) >= 11 is 0.